The fraction of sp³-hybridized carbons (Fsp3) is 0.375. The van der Waals surface area contributed by atoms with Crippen molar-refractivity contribution in [1.29, 1.82) is 0 Å². The fourth-order valence-electron chi connectivity index (χ4n) is 4.88. The predicted molar refractivity (Wildman–Crippen MR) is 126 cm³/mol. The number of aromatic nitrogens is 1. The molecule has 0 aliphatic carbocycles. The Hall–Kier alpha value is -2.64. The third-order valence-electron chi connectivity index (χ3n) is 6.34. The molecule has 0 unspecified atom stereocenters. The molecule has 1 atom stereocenters. The zero-order valence-electron chi connectivity index (χ0n) is 17.8. The Morgan fingerprint density at radius 3 is 2.94 bits per heavy atom. The van der Waals surface area contributed by atoms with E-state index in [0.29, 0.717) is 12.6 Å². The van der Waals surface area contributed by atoms with E-state index in [0.717, 1.165) is 55.5 Å². The van der Waals surface area contributed by atoms with E-state index in [2.05, 4.69) is 51.6 Å². The minimum atomic E-state index is -3.22. The van der Waals surface area contributed by atoms with Gasteiger partial charge in [-0.3, -0.25) is 14.2 Å². The zero-order chi connectivity index (χ0) is 21.4. The number of hydrogen-bond donors (Lipinski definition) is 1. The number of nitrogens with one attached hydrogen (secondary N) is 1. The van der Waals surface area contributed by atoms with Gasteiger partial charge in [0.2, 0.25) is 10.0 Å². The van der Waals surface area contributed by atoms with Crippen LogP contribution in [0.15, 0.2) is 54.9 Å². The lowest BCUT2D eigenvalue weighted by atomic mass is 10.0. The summed E-state index contributed by atoms with van der Waals surface area (Å²) < 4.78 is 25.7. The van der Waals surface area contributed by atoms with Crippen LogP contribution in [0.2, 0.25) is 0 Å². The van der Waals surface area contributed by atoms with E-state index in [1.54, 1.807) is 4.31 Å². The zero-order valence-corrected chi connectivity index (χ0v) is 18.6. The fourth-order valence-corrected chi connectivity index (χ4v) is 5.88. The van der Waals surface area contributed by atoms with Crippen molar-refractivity contribution in [3.8, 4) is 0 Å². The highest BCUT2D eigenvalue weighted by Crippen LogP contribution is 2.31. The molecule has 1 N–H and O–H groups in total. The summed E-state index contributed by atoms with van der Waals surface area (Å²) in [4.78, 5) is 6.70. The van der Waals surface area contributed by atoms with E-state index in [4.69, 9.17) is 0 Å². The number of rotatable bonds is 5. The summed E-state index contributed by atoms with van der Waals surface area (Å²) in [5.74, 6) is 0. The largest absolute Gasteiger partial charge is 0.380 e. The molecule has 0 radical (unpaired) electrons. The Balaban J connectivity index is 1.26. The van der Waals surface area contributed by atoms with E-state index < -0.39 is 10.0 Å². The topological polar surface area (TPSA) is 65.5 Å². The molecule has 31 heavy (non-hydrogen) atoms. The number of likely N-dealkylation sites (tertiary alicyclic amines) is 1. The minimum absolute atomic E-state index is 0.414. The monoisotopic (exact) mass is 436 g/mol. The molecule has 2 aliphatic rings. The van der Waals surface area contributed by atoms with E-state index >= 15 is 0 Å². The van der Waals surface area contributed by atoms with Crippen LogP contribution < -0.4 is 9.62 Å². The number of hydrogen-bond acceptors (Lipinski definition) is 5. The highest BCUT2D eigenvalue weighted by Gasteiger charge is 2.26. The molecule has 5 rings (SSSR count). The van der Waals surface area contributed by atoms with Gasteiger partial charge in [-0.25, -0.2) is 8.42 Å². The van der Waals surface area contributed by atoms with Gasteiger partial charge in [-0.2, -0.15) is 0 Å². The number of benzene rings is 2. The molecule has 1 fully saturated rings. The van der Waals surface area contributed by atoms with Crippen LogP contribution >= 0.6 is 0 Å². The number of sulfonamides is 1. The number of aryl methyl sites for hydroxylation is 1. The van der Waals surface area contributed by atoms with Crippen molar-refractivity contribution in [2.45, 2.75) is 31.8 Å². The van der Waals surface area contributed by atoms with Gasteiger partial charge in [0.25, 0.3) is 0 Å². The van der Waals surface area contributed by atoms with Gasteiger partial charge >= 0.3 is 0 Å². The van der Waals surface area contributed by atoms with Gasteiger partial charge < -0.3 is 5.32 Å². The second-order valence-corrected chi connectivity index (χ2v) is 10.6. The maximum atomic E-state index is 12.1. The first kappa shape index (κ1) is 20.3. The summed E-state index contributed by atoms with van der Waals surface area (Å²) in [6, 6.07) is 15.1. The molecule has 7 heteroatoms. The SMILES string of the molecule is CS(=O)(=O)N1CCCc2cc(CN3CC[C@@H](Nc4cccc5cnccc45)C3)ccc21. The lowest BCUT2D eigenvalue weighted by Gasteiger charge is -2.30. The smallest absolute Gasteiger partial charge is 0.232 e. The lowest BCUT2D eigenvalue weighted by molar-refractivity contribution is 0.328. The Morgan fingerprint density at radius 1 is 1.16 bits per heavy atom. The molecule has 0 amide bonds. The van der Waals surface area contributed by atoms with E-state index in [1.165, 1.54) is 22.9 Å². The highest BCUT2D eigenvalue weighted by molar-refractivity contribution is 7.92. The summed E-state index contributed by atoms with van der Waals surface area (Å²) in [7, 11) is -3.22. The van der Waals surface area contributed by atoms with Crippen LogP contribution in [0.4, 0.5) is 11.4 Å². The first-order valence-electron chi connectivity index (χ1n) is 10.9. The molecule has 162 valence electrons. The van der Waals surface area contributed by atoms with E-state index in [9.17, 15) is 8.42 Å². The summed E-state index contributed by atoms with van der Waals surface area (Å²) in [5.41, 5.74) is 4.42. The molecule has 0 spiro atoms. The maximum absolute atomic E-state index is 12.1. The summed E-state index contributed by atoms with van der Waals surface area (Å²) in [5, 5.41) is 6.09. The van der Waals surface area contributed by atoms with Crippen molar-refractivity contribution in [2.75, 3.05) is 35.5 Å². The first-order chi connectivity index (χ1) is 15.0. The maximum Gasteiger partial charge on any atom is 0.232 e. The molecule has 3 aromatic rings. The molecule has 1 saturated heterocycles. The second-order valence-electron chi connectivity index (χ2n) is 8.67. The normalized spacial score (nSPS) is 19.5. The van der Waals surface area contributed by atoms with Gasteiger partial charge in [-0.05, 0) is 48.6 Å². The quantitative estimate of drug-likeness (QED) is 0.662. The molecular weight excluding hydrogens is 408 g/mol. The third kappa shape index (κ3) is 4.25. The van der Waals surface area contributed by atoms with Crippen molar-refractivity contribution < 1.29 is 8.42 Å². The number of anilines is 2. The Morgan fingerprint density at radius 2 is 2.06 bits per heavy atom. The summed E-state index contributed by atoms with van der Waals surface area (Å²) in [6.45, 7) is 3.52. The summed E-state index contributed by atoms with van der Waals surface area (Å²) >= 11 is 0. The molecule has 2 aromatic carbocycles. The number of nitrogens with zero attached hydrogens (tertiary/aromatic N) is 3. The Kier molecular flexibility index (Phi) is 5.32. The van der Waals surface area contributed by atoms with Crippen LogP contribution in [0, 0.1) is 0 Å². The van der Waals surface area contributed by atoms with Crippen molar-refractivity contribution in [2.24, 2.45) is 0 Å². The van der Waals surface area contributed by atoms with Crippen LogP contribution in [0.25, 0.3) is 10.8 Å². The van der Waals surface area contributed by atoms with Gasteiger partial charge in [0, 0.05) is 61.1 Å². The van der Waals surface area contributed by atoms with Gasteiger partial charge in [-0.1, -0.05) is 24.3 Å². The first-order valence-corrected chi connectivity index (χ1v) is 12.7. The van der Waals surface area contributed by atoms with Crippen molar-refractivity contribution >= 4 is 32.2 Å². The van der Waals surface area contributed by atoms with E-state index in [-0.39, 0.29) is 0 Å². The van der Waals surface area contributed by atoms with Crippen LogP contribution in [0.1, 0.15) is 24.0 Å². The van der Waals surface area contributed by atoms with Crippen LogP contribution in [0.3, 0.4) is 0 Å². The Bertz CT molecular complexity index is 1210. The van der Waals surface area contributed by atoms with Crippen LogP contribution in [-0.2, 0) is 23.0 Å². The molecule has 0 bridgehead atoms. The lowest BCUT2D eigenvalue weighted by Crippen LogP contribution is -2.34. The number of fused-ring (bicyclic) bond motifs is 2. The second kappa shape index (κ2) is 8.13. The average Bonchev–Trinajstić information content (AvgIpc) is 3.19. The number of pyridine rings is 1. The van der Waals surface area contributed by atoms with Gasteiger partial charge in [0.05, 0.1) is 11.9 Å². The predicted octanol–water partition coefficient (Wildman–Crippen LogP) is 3.63. The highest BCUT2D eigenvalue weighted by atomic mass is 32.2. The Labute approximate surface area is 183 Å². The van der Waals surface area contributed by atoms with Gasteiger partial charge in [0.15, 0.2) is 0 Å². The summed E-state index contributed by atoms with van der Waals surface area (Å²) in [6.07, 6.45) is 7.96. The van der Waals surface area contributed by atoms with Crippen molar-refractivity contribution in [1.82, 2.24) is 9.88 Å². The van der Waals surface area contributed by atoms with Crippen molar-refractivity contribution in [3.63, 3.8) is 0 Å². The molecule has 1 aromatic heterocycles. The van der Waals surface area contributed by atoms with Crippen LogP contribution in [-0.4, -0.2) is 50.2 Å². The van der Waals surface area contributed by atoms with Gasteiger partial charge in [-0.15, -0.1) is 0 Å². The van der Waals surface area contributed by atoms with Crippen LogP contribution in [0.5, 0.6) is 0 Å². The standard InChI is InChI=1S/C24H28N4O2S/c1-31(29,30)28-12-3-5-19-14-18(7-8-24(19)28)16-27-13-10-21(17-27)26-23-6-2-4-20-15-25-11-9-22(20)23/h2,4,6-9,11,14-15,21,26H,3,5,10,12-13,16-17H2,1H3/t21-/m1/s1. The molecule has 6 nitrogen and oxygen atoms in total. The molecular formula is C24H28N4O2S. The third-order valence-corrected chi connectivity index (χ3v) is 7.52. The van der Waals surface area contributed by atoms with E-state index in [1.807, 2.05) is 18.5 Å². The molecule has 0 saturated carbocycles. The minimum Gasteiger partial charge on any atom is -0.380 e. The molecule has 2 aliphatic heterocycles. The average molecular weight is 437 g/mol. The van der Waals surface area contributed by atoms with Crippen molar-refractivity contribution in [3.05, 3.63) is 66.0 Å². The van der Waals surface area contributed by atoms with Gasteiger partial charge in [0.1, 0.15) is 0 Å². The molecule has 3 heterocycles.